The molecule has 0 saturated heterocycles. The number of alkyl halides is 3. The van der Waals surface area contributed by atoms with Gasteiger partial charge in [-0.25, -0.2) is 8.42 Å². The Morgan fingerprint density at radius 3 is 2.53 bits per heavy atom. The van der Waals surface area contributed by atoms with Crippen LogP contribution in [-0.2, 0) is 19.4 Å². The van der Waals surface area contributed by atoms with Gasteiger partial charge in [-0.2, -0.15) is 18.2 Å². The van der Waals surface area contributed by atoms with Crippen molar-refractivity contribution < 1.29 is 35.6 Å². The lowest BCUT2D eigenvalue weighted by Crippen LogP contribution is -2.28. The maximum absolute atomic E-state index is 13.2. The average Bonchev–Trinajstić information content (AvgIpc) is 3.30. The van der Waals surface area contributed by atoms with E-state index in [-0.39, 0.29) is 22.9 Å². The Kier molecular flexibility index (Phi) is 10.2. The van der Waals surface area contributed by atoms with Crippen LogP contribution in [0.25, 0.3) is 11.4 Å². The molecule has 0 amide bonds. The SMILES string of the molecule is CCN(CC)CCOC(=O)CN=C(/C(Br)=C(\N)C(F)(F)F)c1nc(-c2cccc(S(C)(=O)=O)c2)no1. The van der Waals surface area contributed by atoms with Crippen molar-refractivity contribution in [1.29, 1.82) is 0 Å². The second kappa shape index (κ2) is 12.5. The molecule has 0 fully saturated rings. The first kappa shape index (κ1) is 29.5. The van der Waals surface area contributed by atoms with Crippen LogP contribution in [0.3, 0.4) is 0 Å². The molecule has 2 N–H and O–H groups in total. The molecule has 0 radical (unpaired) electrons. The monoisotopic (exact) mass is 595 g/mol. The Balaban J connectivity index is 2.37. The maximum Gasteiger partial charge on any atom is 0.431 e. The number of benzene rings is 1. The van der Waals surface area contributed by atoms with E-state index in [0.717, 1.165) is 19.3 Å². The molecule has 1 aromatic heterocycles. The second-order valence-electron chi connectivity index (χ2n) is 7.36. The third-order valence-electron chi connectivity index (χ3n) is 4.83. The van der Waals surface area contributed by atoms with Crippen LogP contribution in [0.5, 0.6) is 0 Å². The van der Waals surface area contributed by atoms with Crippen LogP contribution >= 0.6 is 15.9 Å². The van der Waals surface area contributed by atoms with E-state index in [1.54, 1.807) is 0 Å². The molecule has 1 aromatic carbocycles. The highest BCUT2D eigenvalue weighted by Gasteiger charge is 2.36. The van der Waals surface area contributed by atoms with Gasteiger partial charge in [0.1, 0.15) is 24.6 Å². The fourth-order valence-electron chi connectivity index (χ4n) is 2.80. The first-order chi connectivity index (χ1) is 16.8. The number of carbonyl (C=O) groups excluding carboxylic acids is 1. The Labute approximate surface area is 214 Å². The Hall–Kier alpha value is -2.78. The van der Waals surface area contributed by atoms with Gasteiger partial charge in [0.05, 0.1) is 9.38 Å². The molecule has 1 heterocycles. The number of likely N-dealkylation sites (N-methyl/N-ethyl adjacent to an activating group) is 1. The first-order valence-electron chi connectivity index (χ1n) is 10.6. The topological polar surface area (TPSA) is 141 Å². The summed E-state index contributed by atoms with van der Waals surface area (Å²) in [6.45, 7) is 5.34. The van der Waals surface area contributed by atoms with Crippen molar-refractivity contribution in [2.24, 2.45) is 10.7 Å². The molecule has 198 valence electrons. The highest BCUT2D eigenvalue weighted by atomic mass is 79.9. The van der Waals surface area contributed by atoms with E-state index in [9.17, 15) is 26.4 Å². The molecule has 2 rings (SSSR count). The normalized spacial score (nSPS) is 13.6. The van der Waals surface area contributed by atoms with Gasteiger partial charge in [-0.1, -0.05) is 31.1 Å². The minimum atomic E-state index is -4.92. The van der Waals surface area contributed by atoms with E-state index < -0.39 is 50.3 Å². The number of hydrogen-bond donors (Lipinski definition) is 1. The summed E-state index contributed by atoms with van der Waals surface area (Å²) in [7, 11) is -3.54. The number of nitrogens with two attached hydrogens (primary N) is 1. The molecule has 0 atom stereocenters. The van der Waals surface area contributed by atoms with E-state index >= 15 is 0 Å². The van der Waals surface area contributed by atoms with Crippen LogP contribution < -0.4 is 5.73 Å². The number of halogens is 4. The smallest absolute Gasteiger partial charge is 0.431 e. The number of rotatable bonds is 11. The molecular weight excluding hydrogens is 571 g/mol. The molecule has 0 bridgehead atoms. The zero-order valence-corrected chi connectivity index (χ0v) is 22.1. The summed E-state index contributed by atoms with van der Waals surface area (Å²) in [5, 5.41) is 3.70. The molecule has 0 aliphatic carbocycles. The van der Waals surface area contributed by atoms with E-state index in [0.29, 0.717) is 6.54 Å². The van der Waals surface area contributed by atoms with E-state index in [4.69, 9.17) is 15.0 Å². The summed E-state index contributed by atoms with van der Waals surface area (Å²) in [4.78, 5) is 22.0. The van der Waals surface area contributed by atoms with Crippen molar-refractivity contribution in [3.63, 3.8) is 0 Å². The molecule has 0 aliphatic rings. The Morgan fingerprint density at radius 1 is 1.28 bits per heavy atom. The van der Waals surface area contributed by atoms with Gasteiger partial charge in [-0.15, -0.1) is 0 Å². The molecule has 0 aliphatic heterocycles. The van der Waals surface area contributed by atoms with Crippen molar-refractivity contribution >= 4 is 37.4 Å². The fraction of sp³-hybridized carbons (Fsp3) is 0.429. The lowest BCUT2D eigenvalue weighted by molar-refractivity contribution is -0.142. The molecule has 2 aromatic rings. The number of hydrogen-bond acceptors (Lipinski definition) is 10. The quantitative estimate of drug-likeness (QED) is 0.306. The van der Waals surface area contributed by atoms with E-state index in [1.165, 1.54) is 24.3 Å². The van der Waals surface area contributed by atoms with Crippen molar-refractivity contribution in [3.8, 4) is 11.4 Å². The van der Waals surface area contributed by atoms with Gasteiger partial charge < -0.3 is 19.9 Å². The standard InChI is InChI=1S/C21H25BrF3N5O5S/c1-4-30(5-2)9-10-34-15(31)12-27-17(16(22)18(26)21(23,24)25)20-28-19(29-35-20)13-7-6-8-14(11-13)36(3,32)33/h6-8,11H,4-5,9-10,12,26H2,1-3H3/b18-16+,27-17?. The predicted octanol–water partition coefficient (Wildman–Crippen LogP) is 2.94. The highest BCUT2D eigenvalue weighted by Crippen LogP contribution is 2.29. The van der Waals surface area contributed by atoms with Crippen LogP contribution in [0.4, 0.5) is 13.2 Å². The van der Waals surface area contributed by atoms with Gasteiger partial charge >= 0.3 is 12.1 Å². The molecule has 0 spiro atoms. The van der Waals surface area contributed by atoms with E-state index in [1.807, 2.05) is 18.7 Å². The lowest BCUT2D eigenvalue weighted by atomic mass is 10.2. The molecular formula is C21H25BrF3N5O5S. The summed E-state index contributed by atoms with van der Waals surface area (Å²) >= 11 is 2.76. The Morgan fingerprint density at radius 2 is 1.94 bits per heavy atom. The van der Waals surface area contributed by atoms with Gasteiger partial charge in [-0.05, 0) is 41.2 Å². The van der Waals surface area contributed by atoms with Crippen molar-refractivity contribution in [1.82, 2.24) is 15.0 Å². The van der Waals surface area contributed by atoms with Crippen LogP contribution in [0.15, 0.2) is 48.9 Å². The summed E-state index contributed by atoms with van der Waals surface area (Å²) in [6.07, 6.45) is -3.90. The third kappa shape index (κ3) is 8.13. The molecule has 10 nitrogen and oxygen atoms in total. The second-order valence-corrected chi connectivity index (χ2v) is 10.2. The lowest BCUT2D eigenvalue weighted by Gasteiger charge is -2.17. The molecule has 36 heavy (non-hydrogen) atoms. The van der Waals surface area contributed by atoms with Crippen LogP contribution in [0.1, 0.15) is 19.7 Å². The highest BCUT2D eigenvalue weighted by molar-refractivity contribution is 9.12. The van der Waals surface area contributed by atoms with Crippen molar-refractivity contribution in [2.75, 3.05) is 39.0 Å². The number of sulfone groups is 1. The van der Waals surface area contributed by atoms with Gasteiger partial charge in [0.15, 0.2) is 9.84 Å². The van der Waals surface area contributed by atoms with Gasteiger partial charge in [0, 0.05) is 18.4 Å². The number of esters is 1. The average molecular weight is 596 g/mol. The number of allylic oxidation sites excluding steroid dienone is 2. The zero-order chi connectivity index (χ0) is 27.1. The summed E-state index contributed by atoms with van der Waals surface area (Å²) in [5.41, 5.74) is 3.39. The maximum atomic E-state index is 13.2. The number of aliphatic imine (C=N–C) groups is 1. The van der Waals surface area contributed by atoms with Gasteiger partial charge in [0.25, 0.3) is 5.89 Å². The predicted molar refractivity (Wildman–Crippen MR) is 129 cm³/mol. The third-order valence-corrected chi connectivity index (χ3v) is 6.74. The number of nitrogens with zero attached hydrogens (tertiary/aromatic N) is 4. The number of carbonyl (C=O) groups is 1. The minimum Gasteiger partial charge on any atom is -0.463 e. The van der Waals surface area contributed by atoms with Crippen LogP contribution in [0, 0.1) is 0 Å². The number of aromatic nitrogens is 2. The first-order valence-corrected chi connectivity index (χ1v) is 13.3. The van der Waals surface area contributed by atoms with Crippen molar-refractivity contribution in [3.05, 3.63) is 40.3 Å². The summed E-state index contributed by atoms with van der Waals surface area (Å²) in [5.74, 6) is -1.38. The van der Waals surface area contributed by atoms with Gasteiger partial charge in [-0.3, -0.25) is 9.79 Å². The molecule has 0 saturated carbocycles. The van der Waals surface area contributed by atoms with Crippen molar-refractivity contribution in [2.45, 2.75) is 24.9 Å². The number of ether oxygens (including phenoxy) is 1. The zero-order valence-electron chi connectivity index (χ0n) is 19.7. The fourth-order valence-corrected chi connectivity index (χ4v) is 3.99. The van der Waals surface area contributed by atoms with Crippen LogP contribution in [-0.4, -0.2) is 80.4 Å². The van der Waals surface area contributed by atoms with Gasteiger partial charge in [0.2, 0.25) is 5.82 Å². The summed E-state index contributed by atoms with van der Waals surface area (Å²) in [6, 6.07) is 5.58. The van der Waals surface area contributed by atoms with Crippen LogP contribution in [0.2, 0.25) is 0 Å². The largest absolute Gasteiger partial charge is 0.463 e. The Bertz CT molecular complexity index is 1240. The molecule has 0 unspecified atom stereocenters. The molecule has 15 heteroatoms. The minimum absolute atomic E-state index is 0.0184. The summed E-state index contributed by atoms with van der Waals surface area (Å²) < 4.78 is 72.8. The van der Waals surface area contributed by atoms with E-state index in [2.05, 4.69) is 31.1 Å².